The number of nitrogens with zero attached hydrogens (tertiary/aromatic N) is 4. The van der Waals surface area contributed by atoms with Gasteiger partial charge in [0.1, 0.15) is 4.90 Å². The largest absolute Gasteiger partial charge is 0.372 e. The van der Waals surface area contributed by atoms with Gasteiger partial charge in [-0.25, -0.2) is 13.2 Å². The zero-order chi connectivity index (χ0) is 39.2. The van der Waals surface area contributed by atoms with Crippen molar-refractivity contribution in [1.82, 2.24) is 19.4 Å². The molecule has 0 saturated carbocycles. The Bertz CT molecular complexity index is 2830. The molecule has 0 aliphatic rings. The first-order valence-electron chi connectivity index (χ1n) is 15.4. The molecule has 4 heterocycles. The fourth-order valence-corrected chi connectivity index (χ4v) is 6.84. The molecule has 0 radical (unpaired) electrons. The average Bonchev–Trinajstić information content (AvgIpc) is 3.75. The van der Waals surface area contributed by atoms with E-state index in [4.69, 9.17) is 32.2 Å². The molecular weight excluding hydrogens is 786 g/mol. The number of halogens is 7. The van der Waals surface area contributed by atoms with E-state index in [1.165, 1.54) is 6.20 Å². The number of hydrogen-bond donors (Lipinski definition) is 0. The summed E-state index contributed by atoms with van der Waals surface area (Å²) in [5, 5.41) is 9.40. The highest BCUT2D eigenvalue weighted by atomic mass is 35.5. The minimum Gasteiger partial charge on any atom is -0.372 e. The van der Waals surface area contributed by atoms with Crippen molar-refractivity contribution in [2.75, 3.05) is 0 Å². The maximum Gasteiger partial charge on any atom is 0.339 e. The molecule has 0 bridgehead atoms. The van der Waals surface area contributed by atoms with Crippen LogP contribution in [-0.2, 0) is 23.2 Å². The molecule has 0 aliphatic carbocycles. The smallest absolute Gasteiger partial charge is 0.339 e. The predicted molar refractivity (Wildman–Crippen MR) is 186 cm³/mol. The van der Waals surface area contributed by atoms with Crippen molar-refractivity contribution in [1.29, 1.82) is 0 Å². The standard InChI is InChI=1S/C20H10ClF5N2O5S.C15H13ClN2O2/c1-8-4-9(32-27-8)6-28-7-13(21)11-3-2-10(5-12(11)20(28)29)34(30,31)33-19-17(25)15(23)14(22)16(24)18(19)26;1-9-3-4-12-13(5-9)15(19)18(8-14(12)16)7-11-6-10(2)17-20-11/h2-5,7H,6H2,1H3;3-6,8H,7H2,1-2H3. The molecular formula is C35H23Cl2F5N4O7S. The van der Waals surface area contributed by atoms with Gasteiger partial charge in [0.2, 0.25) is 34.8 Å². The van der Waals surface area contributed by atoms with Gasteiger partial charge >= 0.3 is 10.1 Å². The van der Waals surface area contributed by atoms with E-state index < -0.39 is 55.4 Å². The third-order valence-electron chi connectivity index (χ3n) is 7.86. The van der Waals surface area contributed by atoms with Crippen LogP contribution in [0.1, 0.15) is 28.5 Å². The van der Waals surface area contributed by atoms with Crippen LogP contribution in [0.25, 0.3) is 21.5 Å². The first-order chi connectivity index (χ1) is 25.4. The van der Waals surface area contributed by atoms with Crippen LogP contribution in [0.5, 0.6) is 5.75 Å². The Labute approximate surface area is 310 Å². The molecule has 0 atom stereocenters. The van der Waals surface area contributed by atoms with Crippen molar-refractivity contribution in [2.24, 2.45) is 0 Å². The molecule has 7 rings (SSSR count). The predicted octanol–water partition coefficient (Wildman–Crippen LogP) is 7.77. The molecule has 3 aromatic carbocycles. The highest BCUT2D eigenvalue weighted by Gasteiger charge is 2.31. The summed E-state index contributed by atoms with van der Waals surface area (Å²) in [6, 6.07) is 11.8. The van der Waals surface area contributed by atoms with Crippen molar-refractivity contribution < 1.29 is 43.6 Å². The SMILES string of the molecule is Cc1cc(Cn2cc(Cl)c3ccc(S(=O)(=O)Oc4c(F)c(F)c(F)c(F)c4F)cc3c2=O)on1.Cc1ccc2c(Cl)cn(Cc3cc(C)no3)c(=O)c2c1. The minimum atomic E-state index is -5.15. The van der Waals surface area contributed by atoms with Gasteiger partial charge in [-0.2, -0.15) is 17.2 Å². The van der Waals surface area contributed by atoms with Crippen LogP contribution in [0.3, 0.4) is 0 Å². The van der Waals surface area contributed by atoms with Gasteiger partial charge in [-0.1, -0.05) is 57.3 Å². The summed E-state index contributed by atoms with van der Waals surface area (Å²) in [5.41, 5.74) is 1.56. The van der Waals surface area contributed by atoms with Gasteiger partial charge in [0.25, 0.3) is 11.1 Å². The van der Waals surface area contributed by atoms with Crippen molar-refractivity contribution in [3.63, 3.8) is 0 Å². The zero-order valence-corrected chi connectivity index (χ0v) is 30.2. The quantitative estimate of drug-likeness (QED) is 0.0684. The summed E-state index contributed by atoms with van der Waals surface area (Å²) >= 11 is 12.4. The van der Waals surface area contributed by atoms with Crippen LogP contribution in [0.15, 0.2) is 84.5 Å². The number of aryl methyl sites for hydroxylation is 3. The normalized spacial score (nSPS) is 11.6. The summed E-state index contributed by atoms with van der Waals surface area (Å²) in [6.07, 6.45) is 2.92. The molecule has 11 nitrogen and oxygen atoms in total. The molecule has 0 N–H and O–H groups in total. The molecule has 0 saturated heterocycles. The van der Waals surface area contributed by atoms with Gasteiger partial charge in [-0.15, -0.1) is 0 Å². The third kappa shape index (κ3) is 7.47. The molecule has 0 fully saturated rings. The maximum atomic E-state index is 13.9. The van der Waals surface area contributed by atoms with E-state index in [0.29, 0.717) is 34.2 Å². The molecule has 4 aromatic heterocycles. The summed E-state index contributed by atoms with van der Waals surface area (Å²) in [4.78, 5) is 24.6. The van der Waals surface area contributed by atoms with E-state index in [9.17, 15) is 40.0 Å². The van der Waals surface area contributed by atoms with E-state index >= 15 is 0 Å². The van der Waals surface area contributed by atoms with Gasteiger partial charge in [0.15, 0.2) is 11.5 Å². The number of pyridine rings is 2. The second-order valence-electron chi connectivity index (χ2n) is 11.9. The van der Waals surface area contributed by atoms with E-state index in [2.05, 4.69) is 14.5 Å². The molecule has 0 spiro atoms. The molecule has 19 heteroatoms. The monoisotopic (exact) mass is 808 g/mol. The lowest BCUT2D eigenvalue weighted by atomic mass is 10.1. The molecule has 280 valence electrons. The summed E-state index contributed by atoms with van der Waals surface area (Å²) < 4.78 is 110. The Kier molecular flexibility index (Phi) is 10.4. The van der Waals surface area contributed by atoms with Gasteiger partial charge in [-0.3, -0.25) is 9.59 Å². The number of rotatable bonds is 7. The van der Waals surface area contributed by atoms with Crippen molar-refractivity contribution in [2.45, 2.75) is 38.8 Å². The first kappa shape index (κ1) is 38.2. The fraction of sp³-hybridized carbons (Fsp3) is 0.143. The lowest BCUT2D eigenvalue weighted by Gasteiger charge is -2.12. The van der Waals surface area contributed by atoms with Crippen molar-refractivity contribution in [3.05, 3.63) is 149 Å². The molecule has 7 aromatic rings. The van der Waals surface area contributed by atoms with Gasteiger partial charge in [0.05, 0.1) is 39.9 Å². The first-order valence-corrected chi connectivity index (χ1v) is 17.5. The van der Waals surface area contributed by atoms with E-state index in [1.54, 1.807) is 29.8 Å². The zero-order valence-electron chi connectivity index (χ0n) is 27.9. The average molecular weight is 810 g/mol. The minimum absolute atomic E-state index is 0.0514. The van der Waals surface area contributed by atoms with Crippen molar-refractivity contribution in [3.8, 4) is 5.75 Å². The topological polar surface area (TPSA) is 139 Å². The lowest BCUT2D eigenvalue weighted by Crippen LogP contribution is -2.21. The second-order valence-corrected chi connectivity index (χ2v) is 14.2. The molecule has 54 heavy (non-hydrogen) atoms. The number of fused-ring (bicyclic) bond motifs is 2. The third-order valence-corrected chi connectivity index (χ3v) is 9.68. The Morgan fingerprint density at radius 3 is 1.56 bits per heavy atom. The van der Waals surface area contributed by atoms with Gasteiger partial charge in [0, 0.05) is 40.7 Å². The van der Waals surface area contributed by atoms with Crippen LogP contribution < -0.4 is 15.3 Å². The van der Waals surface area contributed by atoms with Gasteiger partial charge in [-0.05, 0) is 39.0 Å². The highest BCUT2D eigenvalue weighted by Crippen LogP contribution is 2.32. The van der Waals surface area contributed by atoms with E-state index in [1.807, 2.05) is 32.0 Å². The van der Waals surface area contributed by atoms with Crippen LogP contribution in [0, 0.1) is 49.9 Å². The second kappa shape index (κ2) is 14.7. The lowest BCUT2D eigenvalue weighted by molar-refractivity contribution is 0.346. The summed E-state index contributed by atoms with van der Waals surface area (Å²) in [5.74, 6) is -13.3. The maximum absolute atomic E-state index is 13.9. The molecule has 0 unspecified atom stereocenters. The van der Waals surface area contributed by atoms with Crippen LogP contribution >= 0.6 is 23.2 Å². The summed E-state index contributed by atoms with van der Waals surface area (Å²) in [6.45, 7) is 5.66. The number of benzene rings is 3. The van der Waals surface area contributed by atoms with Gasteiger partial charge < -0.3 is 22.4 Å². The van der Waals surface area contributed by atoms with E-state index in [0.717, 1.165) is 39.4 Å². The van der Waals surface area contributed by atoms with Crippen LogP contribution in [-0.4, -0.2) is 27.9 Å². The number of hydrogen-bond acceptors (Lipinski definition) is 9. The van der Waals surface area contributed by atoms with Crippen molar-refractivity contribution >= 4 is 54.9 Å². The highest BCUT2D eigenvalue weighted by molar-refractivity contribution is 7.87. The Balaban J connectivity index is 0.000000210. The Hall–Kier alpha value is -5.52. The molecule has 0 amide bonds. The Morgan fingerprint density at radius 2 is 1.09 bits per heavy atom. The van der Waals surface area contributed by atoms with E-state index in [-0.39, 0.29) is 27.9 Å². The summed E-state index contributed by atoms with van der Waals surface area (Å²) in [7, 11) is -5.15. The van der Waals surface area contributed by atoms with Crippen LogP contribution in [0.4, 0.5) is 22.0 Å². The Morgan fingerprint density at radius 1 is 0.648 bits per heavy atom. The fourth-order valence-electron chi connectivity index (χ4n) is 5.31. The van der Waals surface area contributed by atoms with Crippen LogP contribution in [0.2, 0.25) is 10.0 Å². The molecule has 0 aliphatic heterocycles. The number of aromatic nitrogens is 4.